The number of nitrogens with zero attached hydrogens (tertiary/aromatic N) is 2. The van der Waals surface area contributed by atoms with Crippen molar-refractivity contribution in [1.29, 1.82) is 0 Å². The number of anilines is 1. The molecule has 0 saturated carbocycles. The molecule has 1 aromatic heterocycles. The molecule has 0 bridgehead atoms. The topological polar surface area (TPSA) is 49.0 Å². The van der Waals surface area contributed by atoms with Crippen LogP contribution in [0.3, 0.4) is 0 Å². The molecule has 1 aromatic carbocycles. The summed E-state index contributed by atoms with van der Waals surface area (Å²) in [5.41, 5.74) is 0.714. The molecule has 0 atom stereocenters. The molecule has 4 nitrogen and oxygen atoms in total. The summed E-state index contributed by atoms with van der Waals surface area (Å²) < 4.78 is 0. The molecule has 76 valence electrons. The van der Waals surface area contributed by atoms with Gasteiger partial charge in [-0.1, -0.05) is 12.1 Å². The van der Waals surface area contributed by atoms with E-state index in [4.69, 9.17) is 0 Å². The molecule has 0 radical (unpaired) electrons. The van der Waals surface area contributed by atoms with Crippen molar-refractivity contribution in [3.05, 3.63) is 34.6 Å². The van der Waals surface area contributed by atoms with Gasteiger partial charge in [0, 0.05) is 13.1 Å². The molecule has 0 aliphatic carbocycles. The van der Waals surface area contributed by atoms with E-state index in [1.165, 1.54) is 6.42 Å². The number of fused-ring (bicyclic) bond motifs is 1. The van der Waals surface area contributed by atoms with Crippen molar-refractivity contribution in [2.24, 2.45) is 0 Å². The summed E-state index contributed by atoms with van der Waals surface area (Å²) >= 11 is 0. The second kappa shape index (κ2) is 3.08. The number of aromatic nitrogens is 2. The van der Waals surface area contributed by atoms with E-state index < -0.39 is 0 Å². The van der Waals surface area contributed by atoms with Gasteiger partial charge in [0.05, 0.1) is 10.9 Å². The maximum atomic E-state index is 11.7. The lowest BCUT2D eigenvalue weighted by Crippen LogP contribution is -2.39. The number of para-hydroxylation sites is 1. The van der Waals surface area contributed by atoms with Crippen molar-refractivity contribution in [2.45, 2.75) is 6.42 Å². The van der Waals surface area contributed by atoms with Crippen molar-refractivity contribution in [1.82, 2.24) is 9.97 Å². The van der Waals surface area contributed by atoms with Crippen molar-refractivity contribution < 1.29 is 0 Å². The van der Waals surface area contributed by atoms with Gasteiger partial charge in [0.25, 0.3) is 5.56 Å². The Labute approximate surface area is 86.6 Å². The van der Waals surface area contributed by atoms with Crippen LogP contribution < -0.4 is 10.5 Å². The van der Waals surface area contributed by atoms with Gasteiger partial charge in [0.15, 0.2) is 0 Å². The van der Waals surface area contributed by atoms with Crippen LogP contribution in [-0.4, -0.2) is 23.1 Å². The van der Waals surface area contributed by atoms with Crippen LogP contribution in [0.1, 0.15) is 6.42 Å². The fourth-order valence-electron chi connectivity index (χ4n) is 1.75. The lowest BCUT2D eigenvalue weighted by Gasteiger charge is -2.31. The molecule has 15 heavy (non-hydrogen) atoms. The molecular weight excluding hydrogens is 190 g/mol. The monoisotopic (exact) mass is 201 g/mol. The van der Waals surface area contributed by atoms with Crippen LogP contribution in [0.5, 0.6) is 0 Å². The minimum atomic E-state index is -0.0532. The largest absolute Gasteiger partial charge is 0.342 e. The molecule has 3 rings (SSSR count). The molecule has 0 amide bonds. The zero-order valence-corrected chi connectivity index (χ0v) is 8.23. The van der Waals surface area contributed by atoms with Gasteiger partial charge in [-0.05, 0) is 18.6 Å². The Morgan fingerprint density at radius 2 is 2.07 bits per heavy atom. The van der Waals surface area contributed by atoms with Gasteiger partial charge in [0.2, 0.25) is 5.95 Å². The Balaban J connectivity index is 2.22. The SMILES string of the molecule is O=c1[nH]c(N2CCC2)nc2ccccc12. The third-order valence-electron chi connectivity index (χ3n) is 2.76. The van der Waals surface area contributed by atoms with E-state index >= 15 is 0 Å². The minimum absolute atomic E-state index is 0.0532. The fourth-order valence-corrected chi connectivity index (χ4v) is 1.75. The average molecular weight is 201 g/mol. The Bertz CT molecular complexity index is 557. The quantitative estimate of drug-likeness (QED) is 0.752. The number of benzene rings is 1. The van der Waals surface area contributed by atoms with Crippen LogP contribution in [0.2, 0.25) is 0 Å². The van der Waals surface area contributed by atoms with Crippen molar-refractivity contribution in [2.75, 3.05) is 18.0 Å². The van der Waals surface area contributed by atoms with E-state index in [9.17, 15) is 4.79 Å². The standard InChI is InChI=1S/C11H11N3O/c15-10-8-4-1-2-5-9(8)12-11(13-10)14-6-3-7-14/h1-2,4-5H,3,6-7H2,(H,12,13,15). The molecule has 2 aromatic rings. The summed E-state index contributed by atoms with van der Waals surface area (Å²) in [4.78, 5) is 21.0. The van der Waals surface area contributed by atoms with E-state index in [2.05, 4.69) is 14.9 Å². The van der Waals surface area contributed by atoms with E-state index in [1.807, 2.05) is 18.2 Å². The maximum Gasteiger partial charge on any atom is 0.260 e. The number of hydrogen-bond acceptors (Lipinski definition) is 3. The molecule has 1 fully saturated rings. The molecule has 1 aliphatic rings. The van der Waals surface area contributed by atoms with Crippen molar-refractivity contribution in [3.8, 4) is 0 Å². The van der Waals surface area contributed by atoms with Crippen LogP contribution in [0.25, 0.3) is 10.9 Å². The zero-order chi connectivity index (χ0) is 10.3. The summed E-state index contributed by atoms with van der Waals surface area (Å²) in [5.74, 6) is 0.699. The van der Waals surface area contributed by atoms with Gasteiger partial charge in [-0.2, -0.15) is 0 Å². The summed E-state index contributed by atoms with van der Waals surface area (Å²) in [7, 11) is 0. The Morgan fingerprint density at radius 1 is 1.27 bits per heavy atom. The first kappa shape index (κ1) is 8.47. The van der Waals surface area contributed by atoms with Gasteiger partial charge < -0.3 is 4.90 Å². The zero-order valence-electron chi connectivity index (χ0n) is 8.23. The number of H-pyrrole nitrogens is 1. The average Bonchev–Trinajstić information content (AvgIpc) is 2.15. The van der Waals surface area contributed by atoms with E-state index in [0.29, 0.717) is 11.3 Å². The molecule has 1 N–H and O–H groups in total. The lowest BCUT2D eigenvalue weighted by molar-refractivity contribution is 0.601. The molecule has 2 heterocycles. The highest BCUT2D eigenvalue weighted by molar-refractivity contribution is 5.78. The van der Waals surface area contributed by atoms with E-state index in [-0.39, 0.29) is 5.56 Å². The minimum Gasteiger partial charge on any atom is -0.342 e. The van der Waals surface area contributed by atoms with Crippen molar-refractivity contribution >= 4 is 16.9 Å². The highest BCUT2D eigenvalue weighted by atomic mass is 16.1. The first-order chi connectivity index (χ1) is 7.34. The van der Waals surface area contributed by atoms with Gasteiger partial charge in [0.1, 0.15) is 0 Å². The Hall–Kier alpha value is -1.84. The number of rotatable bonds is 1. The highest BCUT2D eigenvalue weighted by Crippen LogP contribution is 2.16. The fraction of sp³-hybridized carbons (Fsp3) is 0.273. The van der Waals surface area contributed by atoms with E-state index in [0.717, 1.165) is 18.6 Å². The normalized spacial score (nSPS) is 15.3. The van der Waals surface area contributed by atoms with Gasteiger partial charge in [-0.3, -0.25) is 9.78 Å². The first-order valence-electron chi connectivity index (χ1n) is 5.08. The second-order valence-corrected chi connectivity index (χ2v) is 3.75. The van der Waals surface area contributed by atoms with Gasteiger partial charge >= 0.3 is 0 Å². The van der Waals surface area contributed by atoms with Crippen LogP contribution in [0.4, 0.5) is 5.95 Å². The molecule has 0 unspecified atom stereocenters. The molecule has 1 saturated heterocycles. The van der Waals surface area contributed by atoms with Gasteiger partial charge in [-0.25, -0.2) is 4.98 Å². The van der Waals surface area contributed by atoms with Gasteiger partial charge in [-0.15, -0.1) is 0 Å². The molecule has 1 aliphatic heterocycles. The lowest BCUT2D eigenvalue weighted by atomic mass is 10.2. The molecule has 4 heteroatoms. The summed E-state index contributed by atoms with van der Waals surface area (Å²) in [5, 5.41) is 0.654. The second-order valence-electron chi connectivity index (χ2n) is 3.75. The Kier molecular flexibility index (Phi) is 1.74. The third kappa shape index (κ3) is 1.29. The predicted octanol–water partition coefficient (Wildman–Crippen LogP) is 1.13. The number of aromatic amines is 1. The van der Waals surface area contributed by atoms with Crippen LogP contribution in [-0.2, 0) is 0 Å². The van der Waals surface area contributed by atoms with Crippen LogP contribution in [0.15, 0.2) is 29.1 Å². The maximum absolute atomic E-state index is 11.7. The van der Waals surface area contributed by atoms with Crippen LogP contribution in [0, 0.1) is 0 Å². The van der Waals surface area contributed by atoms with E-state index in [1.54, 1.807) is 6.07 Å². The predicted molar refractivity (Wildman–Crippen MR) is 59.2 cm³/mol. The van der Waals surface area contributed by atoms with Crippen LogP contribution >= 0.6 is 0 Å². The summed E-state index contributed by atoms with van der Waals surface area (Å²) in [6.45, 7) is 1.97. The smallest absolute Gasteiger partial charge is 0.260 e. The van der Waals surface area contributed by atoms with Crippen molar-refractivity contribution in [3.63, 3.8) is 0 Å². The number of hydrogen-bond donors (Lipinski definition) is 1. The molecule has 0 spiro atoms. The summed E-state index contributed by atoms with van der Waals surface area (Å²) in [6.07, 6.45) is 1.18. The number of nitrogens with one attached hydrogen (secondary N) is 1. The Morgan fingerprint density at radius 3 is 2.80 bits per heavy atom. The summed E-state index contributed by atoms with van der Waals surface area (Å²) in [6, 6.07) is 7.41. The highest BCUT2D eigenvalue weighted by Gasteiger charge is 2.17. The first-order valence-corrected chi connectivity index (χ1v) is 5.08. The molecular formula is C11H11N3O. The third-order valence-corrected chi connectivity index (χ3v) is 2.76.